The summed E-state index contributed by atoms with van der Waals surface area (Å²) in [6.07, 6.45) is 3.91. The third-order valence-electron chi connectivity index (χ3n) is 2.99. The van der Waals surface area contributed by atoms with E-state index in [4.69, 9.17) is 0 Å². The van der Waals surface area contributed by atoms with Gasteiger partial charge in [0.2, 0.25) is 5.95 Å². The van der Waals surface area contributed by atoms with Crippen LogP contribution in [-0.4, -0.2) is 21.1 Å². The highest BCUT2D eigenvalue weighted by atomic mass is 32.1. The van der Waals surface area contributed by atoms with Gasteiger partial charge in [-0.25, -0.2) is 9.97 Å². The minimum absolute atomic E-state index is 0.236. The lowest BCUT2D eigenvalue weighted by Gasteiger charge is -2.15. The van der Waals surface area contributed by atoms with Crippen LogP contribution >= 0.6 is 11.3 Å². The minimum Gasteiger partial charge on any atom is -0.352 e. The lowest BCUT2D eigenvalue weighted by molar-refractivity contribution is 0.650. The molecule has 0 aromatic carbocycles. The summed E-state index contributed by atoms with van der Waals surface area (Å²) in [6.45, 7) is 12.7. The number of nitrogens with zero attached hydrogens (tertiary/aromatic N) is 3. The molecule has 102 valence electrons. The van der Waals surface area contributed by atoms with Crippen LogP contribution in [-0.2, 0) is 0 Å². The van der Waals surface area contributed by atoms with Crippen molar-refractivity contribution in [2.45, 2.75) is 33.7 Å². The summed E-state index contributed by atoms with van der Waals surface area (Å²) in [5, 5.41) is 4.39. The second kappa shape index (κ2) is 5.57. The van der Waals surface area contributed by atoms with Crippen LogP contribution in [0.5, 0.6) is 0 Å². The van der Waals surface area contributed by atoms with Gasteiger partial charge in [-0.2, -0.15) is 0 Å². The molecule has 0 fully saturated rings. The molecule has 2 aromatic rings. The highest BCUT2D eigenvalue weighted by Gasteiger charge is 2.18. The second-order valence-corrected chi connectivity index (χ2v) is 5.88. The molecule has 0 bridgehead atoms. The first-order valence-corrected chi connectivity index (χ1v) is 7.18. The zero-order chi connectivity index (χ0) is 14.0. The van der Waals surface area contributed by atoms with Crippen molar-refractivity contribution in [3.63, 3.8) is 0 Å². The number of thiazole rings is 1. The van der Waals surface area contributed by atoms with Gasteiger partial charge in [0, 0.05) is 12.7 Å². The van der Waals surface area contributed by atoms with Crippen LogP contribution in [0.3, 0.4) is 0 Å². The van der Waals surface area contributed by atoms with E-state index in [9.17, 15) is 0 Å². The van der Waals surface area contributed by atoms with E-state index in [0.717, 1.165) is 22.3 Å². The van der Waals surface area contributed by atoms with Gasteiger partial charge >= 0.3 is 0 Å². The standard InChI is InChI=1S/C14H20N4S/c1-6-7-15-14-16-9(2)8-18(14)11(4)13-10(3)17-12(5)19-13/h6,8,11H,1,7H2,2-5H3,(H,15,16). The lowest BCUT2D eigenvalue weighted by atomic mass is 10.2. The van der Waals surface area contributed by atoms with Crippen LogP contribution in [0, 0.1) is 20.8 Å². The molecule has 0 aliphatic carbocycles. The predicted molar refractivity (Wildman–Crippen MR) is 81.1 cm³/mol. The van der Waals surface area contributed by atoms with Crippen molar-refractivity contribution in [3.8, 4) is 0 Å². The molecule has 0 spiro atoms. The Kier molecular flexibility index (Phi) is 4.04. The molecule has 0 amide bonds. The first kappa shape index (κ1) is 13.8. The van der Waals surface area contributed by atoms with Gasteiger partial charge in [0.25, 0.3) is 0 Å². The molecule has 2 aromatic heterocycles. The summed E-state index contributed by atoms with van der Waals surface area (Å²) < 4.78 is 2.17. The summed E-state index contributed by atoms with van der Waals surface area (Å²) in [4.78, 5) is 10.3. The van der Waals surface area contributed by atoms with Crippen molar-refractivity contribution in [2.75, 3.05) is 11.9 Å². The van der Waals surface area contributed by atoms with Crippen LogP contribution in [0.25, 0.3) is 0 Å². The van der Waals surface area contributed by atoms with Crippen molar-refractivity contribution in [3.05, 3.63) is 40.1 Å². The number of rotatable bonds is 5. The van der Waals surface area contributed by atoms with Crippen LogP contribution in [0.1, 0.15) is 34.2 Å². The van der Waals surface area contributed by atoms with E-state index in [0.29, 0.717) is 6.54 Å². The van der Waals surface area contributed by atoms with E-state index in [1.165, 1.54) is 4.88 Å². The Morgan fingerprint density at radius 3 is 2.74 bits per heavy atom. The number of hydrogen-bond donors (Lipinski definition) is 1. The molecule has 1 unspecified atom stereocenters. The van der Waals surface area contributed by atoms with Gasteiger partial charge < -0.3 is 9.88 Å². The Morgan fingerprint density at radius 2 is 2.16 bits per heavy atom. The van der Waals surface area contributed by atoms with Gasteiger partial charge in [0.05, 0.1) is 27.3 Å². The van der Waals surface area contributed by atoms with E-state index < -0.39 is 0 Å². The number of aryl methyl sites for hydroxylation is 3. The zero-order valence-corrected chi connectivity index (χ0v) is 12.7. The van der Waals surface area contributed by atoms with Crippen molar-refractivity contribution < 1.29 is 0 Å². The van der Waals surface area contributed by atoms with E-state index in [2.05, 4.69) is 46.5 Å². The number of anilines is 1. The monoisotopic (exact) mass is 276 g/mol. The van der Waals surface area contributed by atoms with E-state index in [1.54, 1.807) is 11.3 Å². The fraction of sp³-hybridized carbons (Fsp3) is 0.429. The molecule has 0 saturated carbocycles. The fourth-order valence-electron chi connectivity index (χ4n) is 2.17. The third-order valence-corrected chi connectivity index (χ3v) is 4.24. The second-order valence-electron chi connectivity index (χ2n) is 4.64. The number of imidazole rings is 1. The SMILES string of the molecule is C=CCNc1nc(C)cn1C(C)c1sc(C)nc1C. The van der Waals surface area contributed by atoms with Crippen LogP contribution in [0.15, 0.2) is 18.9 Å². The zero-order valence-electron chi connectivity index (χ0n) is 11.9. The first-order chi connectivity index (χ1) is 9.02. The molecule has 1 atom stereocenters. The maximum Gasteiger partial charge on any atom is 0.203 e. The number of nitrogens with one attached hydrogen (secondary N) is 1. The Bertz CT molecular complexity index is 582. The summed E-state index contributed by atoms with van der Waals surface area (Å²) >= 11 is 1.75. The van der Waals surface area contributed by atoms with Gasteiger partial charge in [-0.3, -0.25) is 0 Å². The van der Waals surface area contributed by atoms with Gasteiger partial charge in [-0.1, -0.05) is 6.08 Å². The number of hydrogen-bond acceptors (Lipinski definition) is 4. The molecule has 19 heavy (non-hydrogen) atoms. The Labute approximate surface area is 118 Å². The Balaban J connectivity index is 2.35. The molecule has 5 heteroatoms. The van der Waals surface area contributed by atoms with Gasteiger partial charge in [0.1, 0.15) is 0 Å². The van der Waals surface area contributed by atoms with Crippen molar-refractivity contribution in [1.29, 1.82) is 0 Å². The molecule has 2 rings (SSSR count). The molecular formula is C14H20N4S. The average Bonchev–Trinajstić information content (AvgIpc) is 2.88. The molecule has 0 aliphatic heterocycles. The Morgan fingerprint density at radius 1 is 1.42 bits per heavy atom. The third kappa shape index (κ3) is 2.87. The van der Waals surface area contributed by atoms with Crippen LogP contribution in [0.2, 0.25) is 0 Å². The highest BCUT2D eigenvalue weighted by Crippen LogP contribution is 2.29. The average molecular weight is 276 g/mol. The molecule has 2 heterocycles. The van der Waals surface area contributed by atoms with Crippen molar-refractivity contribution >= 4 is 17.3 Å². The molecule has 0 aliphatic rings. The lowest BCUT2D eigenvalue weighted by Crippen LogP contribution is -2.11. The largest absolute Gasteiger partial charge is 0.352 e. The molecule has 1 N–H and O–H groups in total. The van der Waals surface area contributed by atoms with E-state index >= 15 is 0 Å². The Hall–Kier alpha value is -1.62. The summed E-state index contributed by atoms with van der Waals surface area (Å²) in [5.74, 6) is 0.885. The first-order valence-electron chi connectivity index (χ1n) is 6.37. The number of aromatic nitrogens is 3. The fourth-order valence-corrected chi connectivity index (χ4v) is 3.14. The topological polar surface area (TPSA) is 42.7 Å². The molecular weight excluding hydrogens is 256 g/mol. The van der Waals surface area contributed by atoms with Crippen molar-refractivity contribution in [2.24, 2.45) is 0 Å². The summed E-state index contributed by atoms with van der Waals surface area (Å²) in [5.41, 5.74) is 2.12. The molecule has 4 nitrogen and oxygen atoms in total. The maximum atomic E-state index is 4.52. The predicted octanol–water partition coefficient (Wildman–Crippen LogP) is 3.47. The van der Waals surface area contributed by atoms with Gasteiger partial charge in [-0.15, -0.1) is 17.9 Å². The molecule has 0 saturated heterocycles. The minimum atomic E-state index is 0.236. The summed E-state index contributed by atoms with van der Waals surface area (Å²) in [7, 11) is 0. The van der Waals surface area contributed by atoms with Crippen molar-refractivity contribution in [1.82, 2.24) is 14.5 Å². The maximum absolute atomic E-state index is 4.52. The smallest absolute Gasteiger partial charge is 0.203 e. The summed E-state index contributed by atoms with van der Waals surface area (Å²) in [6, 6.07) is 0.236. The van der Waals surface area contributed by atoms with Crippen LogP contribution in [0.4, 0.5) is 5.95 Å². The van der Waals surface area contributed by atoms with Crippen LogP contribution < -0.4 is 5.32 Å². The molecule has 0 radical (unpaired) electrons. The normalized spacial score (nSPS) is 12.4. The van der Waals surface area contributed by atoms with E-state index in [-0.39, 0.29) is 6.04 Å². The van der Waals surface area contributed by atoms with E-state index in [1.807, 2.05) is 19.9 Å². The quantitative estimate of drug-likeness (QED) is 0.850. The van der Waals surface area contributed by atoms with Gasteiger partial charge in [0.15, 0.2) is 0 Å². The van der Waals surface area contributed by atoms with Gasteiger partial charge in [-0.05, 0) is 27.7 Å². The highest BCUT2D eigenvalue weighted by molar-refractivity contribution is 7.11.